The maximum Gasteiger partial charge on any atom is 0.261 e. The van der Waals surface area contributed by atoms with Crippen LogP contribution in [0.1, 0.15) is 5.56 Å². The minimum absolute atomic E-state index is 0.244. The molecule has 5 heteroatoms. The summed E-state index contributed by atoms with van der Waals surface area (Å²) in [5.74, 6) is 0.743. The van der Waals surface area contributed by atoms with Crippen LogP contribution in [0.2, 0.25) is 0 Å². The van der Waals surface area contributed by atoms with Gasteiger partial charge in [-0.15, -0.1) is 0 Å². The van der Waals surface area contributed by atoms with Crippen LogP contribution in [-0.4, -0.2) is 8.42 Å². The molecule has 0 saturated carbocycles. The Morgan fingerprint density at radius 2 is 1.59 bits per heavy atom. The normalized spacial score (nSPS) is 11.3. The SMILES string of the molecule is Cc1ccc(S(=O)(=O)Nc2ccc(-c3ccco3)cc2)cc1. The van der Waals surface area contributed by atoms with Crippen molar-refractivity contribution in [2.45, 2.75) is 11.8 Å². The van der Waals surface area contributed by atoms with E-state index >= 15 is 0 Å². The molecular weight excluding hydrogens is 298 g/mol. The highest BCUT2D eigenvalue weighted by Crippen LogP contribution is 2.23. The monoisotopic (exact) mass is 313 g/mol. The fraction of sp³-hybridized carbons (Fsp3) is 0.0588. The minimum atomic E-state index is -3.57. The lowest BCUT2D eigenvalue weighted by molar-refractivity contribution is 0.582. The van der Waals surface area contributed by atoms with E-state index in [-0.39, 0.29) is 4.90 Å². The summed E-state index contributed by atoms with van der Waals surface area (Å²) in [6, 6.07) is 17.4. The van der Waals surface area contributed by atoms with E-state index in [0.29, 0.717) is 5.69 Å². The third-order valence-electron chi connectivity index (χ3n) is 3.27. The van der Waals surface area contributed by atoms with E-state index in [2.05, 4.69) is 4.72 Å². The first-order valence-corrected chi connectivity index (χ1v) is 8.26. The Balaban J connectivity index is 1.82. The number of sulfonamides is 1. The summed E-state index contributed by atoms with van der Waals surface area (Å²) in [4.78, 5) is 0.244. The minimum Gasteiger partial charge on any atom is -0.464 e. The summed E-state index contributed by atoms with van der Waals surface area (Å²) >= 11 is 0. The maximum atomic E-state index is 12.3. The van der Waals surface area contributed by atoms with Crippen LogP contribution in [0, 0.1) is 6.92 Å². The fourth-order valence-electron chi connectivity index (χ4n) is 2.08. The fourth-order valence-corrected chi connectivity index (χ4v) is 3.14. The number of rotatable bonds is 4. The van der Waals surface area contributed by atoms with Gasteiger partial charge in [-0.1, -0.05) is 17.7 Å². The van der Waals surface area contributed by atoms with Crippen LogP contribution in [0.25, 0.3) is 11.3 Å². The highest BCUT2D eigenvalue weighted by atomic mass is 32.2. The first-order valence-electron chi connectivity index (χ1n) is 6.78. The Labute approximate surface area is 129 Å². The van der Waals surface area contributed by atoms with Crippen molar-refractivity contribution in [2.75, 3.05) is 4.72 Å². The van der Waals surface area contributed by atoms with Gasteiger partial charge in [0.2, 0.25) is 0 Å². The molecule has 3 aromatic rings. The van der Waals surface area contributed by atoms with Crippen molar-refractivity contribution in [1.82, 2.24) is 0 Å². The van der Waals surface area contributed by atoms with Gasteiger partial charge in [0.25, 0.3) is 10.0 Å². The van der Waals surface area contributed by atoms with Crippen molar-refractivity contribution in [1.29, 1.82) is 0 Å². The molecule has 112 valence electrons. The van der Waals surface area contributed by atoms with Crippen LogP contribution in [0.15, 0.2) is 76.2 Å². The van der Waals surface area contributed by atoms with Gasteiger partial charge in [0.1, 0.15) is 5.76 Å². The highest BCUT2D eigenvalue weighted by Gasteiger charge is 2.13. The Kier molecular flexibility index (Phi) is 3.73. The summed E-state index contributed by atoms with van der Waals surface area (Å²) in [5, 5.41) is 0. The van der Waals surface area contributed by atoms with Gasteiger partial charge in [-0.3, -0.25) is 4.72 Å². The standard InChI is InChI=1S/C17H15NO3S/c1-13-4-10-16(11-5-13)22(19,20)18-15-8-6-14(7-9-15)17-3-2-12-21-17/h2-12,18H,1H3. The molecule has 0 amide bonds. The average molecular weight is 313 g/mol. The van der Waals surface area contributed by atoms with Crippen LogP contribution in [-0.2, 0) is 10.0 Å². The van der Waals surface area contributed by atoms with Gasteiger partial charge in [-0.05, 0) is 55.5 Å². The van der Waals surface area contributed by atoms with Crippen LogP contribution < -0.4 is 4.72 Å². The lowest BCUT2D eigenvalue weighted by Gasteiger charge is -2.08. The molecule has 0 saturated heterocycles. The smallest absolute Gasteiger partial charge is 0.261 e. The highest BCUT2D eigenvalue weighted by molar-refractivity contribution is 7.92. The Hall–Kier alpha value is -2.53. The zero-order valence-electron chi connectivity index (χ0n) is 12.0. The molecule has 4 nitrogen and oxygen atoms in total. The van der Waals surface area contributed by atoms with E-state index < -0.39 is 10.0 Å². The van der Waals surface area contributed by atoms with Crippen LogP contribution in [0.5, 0.6) is 0 Å². The molecule has 0 unspecified atom stereocenters. The lowest BCUT2D eigenvalue weighted by Crippen LogP contribution is -2.12. The van der Waals surface area contributed by atoms with E-state index in [9.17, 15) is 8.42 Å². The summed E-state index contributed by atoms with van der Waals surface area (Å²) in [6.45, 7) is 1.91. The van der Waals surface area contributed by atoms with E-state index in [0.717, 1.165) is 16.9 Å². The third kappa shape index (κ3) is 3.04. The van der Waals surface area contributed by atoms with Gasteiger partial charge in [0.15, 0.2) is 0 Å². The predicted molar refractivity (Wildman–Crippen MR) is 86.1 cm³/mol. The Morgan fingerprint density at radius 1 is 0.909 bits per heavy atom. The van der Waals surface area contributed by atoms with Gasteiger partial charge < -0.3 is 4.42 Å². The zero-order valence-corrected chi connectivity index (χ0v) is 12.8. The van der Waals surface area contributed by atoms with Gasteiger partial charge in [0.05, 0.1) is 11.2 Å². The molecule has 0 radical (unpaired) electrons. The predicted octanol–water partition coefficient (Wildman–Crippen LogP) is 4.06. The number of benzene rings is 2. The van der Waals surface area contributed by atoms with Crippen molar-refractivity contribution < 1.29 is 12.8 Å². The lowest BCUT2D eigenvalue weighted by atomic mass is 10.1. The number of furan rings is 1. The maximum absolute atomic E-state index is 12.3. The molecule has 1 N–H and O–H groups in total. The molecule has 0 atom stereocenters. The molecule has 0 fully saturated rings. The number of anilines is 1. The van der Waals surface area contributed by atoms with Crippen LogP contribution in [0.4, 0.5) is 5.69 Å². The molecule has 1 aromatic heterocycles. The van der Waals surface area contributed by atoms with Crippen LogP contribution >= 0.6 is 0 Å². The molecule has 0 aliphatic rings. The Morgan fingerprint density at radius 3 is 2.18 bits per heavy atom. The van der Waals surface area contributed by atoms with Crippen molar-refractivity contribution in [2.24, 2.45) is 0 Å². The Bertz CT molecular complexity index is 849. The molecular formula is C17H15NO3S. The number of hydrogen-bond acceptors (Lipinski definition) is 3. The quantitative estimate of drug-likeness (QED) is 0.790. The summed E-state index contributed by atoms with van der Waals surface area (Å²) in [6.07, 6.45) is 1.60. The summed E-state index contributed by atoms with van der Waals surface area (Å²) in [7, 11) is -3.57. The zero-order chi connectivity index (χ0) is 15.6. The second-order valence-electron chi connectivity index (χ2n) is 4.97. The first kappa shape index (κ1) is 14.4. The molecule has 0 aliphatic carbocycles. The first-order chi connectivity index (χ1) is 10.5. The topological polar surface area (TPSA) is 59.3 Å². The molecule has 0 aliphatic heterocycles. The number of aryl methyl sites for hydroxylation is 1. The van der Waals surface area contributed by atoms with Crippen LogP contribution in [0.3, 0.4) is 0 Å². The summed E-state index contributed by atoms with van der Waals surface area (Å²) < 4.78 is 32.5. The van der Waals surface area contributed by atoms with E-state index in [1.165, 1.54) is 0 Å². The van der Waals surface area contributed by atoms with Crippen molar-refractivity contribution in [3.05, 3.63) is 72.5 Å². The second kappa shape index (κ2) is 5.69. The van der Waals surface area contributed by atoms with Gasteiger partial charge in [-0.2, -0.15) is 0 Å². The molecule has 22 heavy (non-hydrogen) atoms. The average Bonchev–Trinajstić information content (AvgIpc) is 3.02. The van der Waals surface area contributed by atoms with E-state index in [1.54, 1.807) is 42.7 Å². The molecule has 0 spiro atoms. The van der Waals surface area contributed by atoms with Gasteiger partial charge in [-0.25, -0.2) is 8.42 Å². The molecule has 2 aromatic carbocycles. The van der Waals surface area contributed by atoms with E-state index in [4.69, 9.17) is 4.42 Å². The molecule has 3 rings (SSSR count). The second-order valence-corrected chi connectivity index (χ2v) is 6.66. The van der Waals surface area contributed by atoms with Crippen molar-refractivity contribution >= 4 is 15.7 Å². The molecule has 1 heterocycles. The van der Waals surface area contributed by atoms with E-state index in [1.807, 2.05) is 31.2 Å². The van der Waals surface area contributed by atoms with Crippen molar-refractivity contribution in [3.63, 3.8) is 0 Å². The molecule has 0 bridgehead atoms. The number of hydrogen-bond donors (Lipinski definition) is 1. The summed E-state index contributed by atoms with van der Waals surface area (Å²) in [5.41, 5.74) is 2.42. The number of nitrogens with one attached hydrogen (secondary N) is 1. The largest absolute Gasteiger partial charge is 0.464 e. The third-order valence-corrected chi connectivity index (χ3v) is 4.67. The van der Waals surface area contributed by atoms with Gasteiger partial charge >= 0.3 is 0 Å². The van der Waals surface area contributed by atoms with Crippen molar-refractivity contribution in [3.8, 4) is 11.3 Å². The van der Waals surface area contributed by atoms with Gasteiger partial charge in [0, 0.05) is 11.3 Å².